The van der Waals surface area contributed by atoms with E-state index in [1.54, 1.807) is 24.1 Å². The van der Waals surface area contributed by atoms with E-state index in [0.29, 0.717) is 25.2 Å². The van der Waals surface area contributed by atoms with Crippen molar-refractivity contribution in [2.24, 2.45) is 0 Å². The van der Waals surface area contributed by atoms with Gasteiger partial charge >= 0.3 is 6.18 Å². The number of hydrogen-bond acceptors (Lipinski definition) is 3. The third kappa shape index (κ3) is 5.55. The van der Waals surface area contributed by atoms with E-state index in [1.807, 2.05) is 25.9 Å². The monoisotopic (exact) mass is 303 g/mol. The summed E-state index contributed by atoms with van der Waals surface area (Å²) in [4.78, 5) is 3.60. The lowest BCUT2D eigenvalue weighted by molar-refractivity contribution is -0.137. The van der Waals surface area contributed by atoms with Gasteiger partial charge in [0, 0.05) is 32.4 Å². The number of hydrogen-bond donors (Lipinski definition) is 1. The minimum absolute atomic E-state index is 0.226. The van der Waals surface area contributed by atoms with Crippen LogP contribution in [0, 0.1) is 0 Å². The molecule has 0 spiro atoms. The molecule has 0 aliphatic carbocycles. The van der Waals surface area contributed by atoms with E-state index in [1.165, 1.54) is 6.07 Å². The van der Waals surface area contributed by atoms with Gasteiger partial charge in [0.15, 0.2) is 0 Å². The summed E-state index contributed by atoms with van der Waals surface area (Å²) in [6.07, 6.45) is -4.34. The fraction of sp³-hybridized carbons (Fsp3) is 0.600. The van der Waals surface area contributed by atoms with Gasteiger partial charge in [0.2, 0.25) is 0 Å². The van der Waals surface area contributed by atoms with Crippen LogP contribution in [-0.2, 0) is 12.7 Å². The topological polar surface area (TPSA) is 18.5 Å². The van der Waals surface area contributed by atoms with E-state index in [-0.39, 0.29) is 5.69 Å². The van der Waals surface area contributed by atoms with Gasteiger partial charge < -0.3 is 15.1 Å². The minimum Gasteiger partial charge on any atom is -0.373 e. The number of likely N-dealkylation sites (N-methyl/N-ethyl adjacent to an activating group) is 2. The predicted octanol–water partition coefficient (Wildman–Crippen LogP) is 2.81. The number of nitrogens with zero attached hydrogens (tertiary/aromatic N) is 2. The van der Waals surface area contributed by atoms with Crippen LogP contribution in [0.5, 0.6) is 0 Å². The quantitative estimate of drug-likeness (QED) is 0.835. The molecule has 0 saturated carbocycles. The van der Waals surface area contributed by atoms with Crippen LogP contribution in [0.15, 0.2) is 18.2 Å². The third-order valence-corrected chi connectivity index (χ3v) is 3.24. The number of nitrogens with one attached hydrogen (secondary N) is 1. The highest BCUT2D eigenvalue weighted by Gasteiger charge is 2.34. The largest absolute Gasteiger partial charge is 0.418 e. The number of anilines is 1. The third-order valence-electron chi connectivity index (χ3n) is 3.24. The SMILES string of the molecule is CCNCc1ccc(N(C)CCN(C)C)c(C(F)(F)F)c1. The highest BCUT2D eigenvalue weighted by Crippen LogP contribution is 2.36. The summed E-state index contributed by atoms with van der Waals surface area (Å²) in [5.74, 6) is 0. The molecule has 0 bridgehead atoms. The van der Waals surface area contributed by atoms with E-state index in [9.17, 15) is 13.2 Å². The lowest BCUT2D eigenvalue weighted by Crippen LogP contribution is -2.30. The molecular weight excluding hydrogens is 279 g/mol. The minimum atomic E-state index is -4.34. The second-order valence-electron chi connectivity index (χ2n) is 5.35. The van der Waals surface area contributed by atoms with Gasteiger partial charge in [-0.1, -0.05) is 13.0 Å². The van der Waals surface area contributed by atoms with Gasteiger partial charge in [-0.05, 0) is 38.3 Å². The van der Waals surface area contributed by atoms with Crippen LogP contribution in [0.1, 0.15) is 18.1 Å². The Kier molecular flexibility index (Phi) is 6.48. The molecular formula is C15H24F3N3. The molecule has 0 aromatic heterocycles. The number of halogens is 3. The molecule has 0 saturated heterocycles. The molecule has 0 aliphatic heterocycles. The fourth-order valence-electron chi connectivity index (χ4n) is 1.99. The second kappa shape index (κ2) is 7.66. The summed E-state index contributed by atoms with van der Waals surface area (Å²) >= 11 is 0. The van der Waals surface area contributed by atoms with Gasteiger partial charge in [-0.15, -0.1) is 0 Å². The molecule has 0 fully saturated rings. The zero-order chi connectivity index (χ0) is 16.0. The first kappa shape index (κ1) is 17.8. The Balaban J connectivity index is 3.01. The Morgan fingerprint density at radius 1 is 1.10 bits per heavy atom. The molecule has 0 heterocycles. The predicted molar refractivity (Wildman–Crippen MR) is 80.6 cm³/mol. The molecule has 0 radical (unpaired) electrons. The van der Waals surface area contributed by atoms with Crippen molar-refractivity contribution in [2.45, 2.75) is 19.6 Å². The molecule has 0 atom stereocenters. The summed E-state index contributed by atoms with van der Waals surface area (Å²) in [5.41, 5.74) is 0.303. The number of benzene rings is 1. The normalized spacial score (nSPS) is 12.0. The van der Waals surface area contributed by atoms with Gasteiger partial charge in [0.1, 0.15) is 0 Å². The Hall–Kier alpha value is -1.27. The lowest BCUT2D eigenvalue weighted by Gasteiger charge is -2.25. The van der Waals surface area contributed by atoms with Crippen molar-refractivity contribution in [3.05, 3.63) is 29.3 Å². The Morgan fingerprint density at radius 2 is 1.76 bits per heavy atom. The van der Waals surface area contributed by atoms with Crippen molar-refractivity contribution in [3.63, 3.8) is 0 Å². The molecule has 1 N–H and O–H groups in total. The van der Waals surface area contributed by atoms with E-state index in [0.717, 1.165) is 6.54 Å². The molecule has 1 rings (SSSR count). The Morgan fingerprint density at radius 3 is 2.29 bits per heavy atom. The van der Waals surface area contributed by atoms with Gasteiger partial charge in [0.05, 0.1) is 5.56 Å². The molecule has 1 aromatic rings. The standard InChI is InChI=1S/C15H24F3N3/c1-5-19-11-12-6-7-14(13(10-12)15(16,17)18)21(4)9-8-20(2)3/h6-7,10,19H,5,8-9,11H2,1-4H3. The molecule has 1 aromatic carbocycles. The van der Waals surface area contributed by atoms with Gasteiger partial charge in [-0.2, -0.15) is 13.2 Å². The highest BCUT2D eigenvalue weighted by atomic mass is 19.4. The first-order valence-corrected chi connectivity index (χ1v) is 7.02. The second-order valence-corrected chi connectivity index (χ2v) is 5.35. The molecule has 3 nitrogen and oxygen atoms in total. The average molecular weight is 303 g/mol. The molecule has 6 heteroatoms. The zero-order valence-corrected chi connectivity index (χ0v) is 13.1. The van der Waals surface area contributed by atoms with E-state index >= 15 is 0 Å². The molecule has 21 heavy (non-hydrogen) atoms. The van der Waals surface area contributed by atoms with Crippen LogP contribution in [0.25, 0.3) is 0 Å². The summed E-state index contributed by atoms with van der Waals surface area (Å²) < 4.78 is 39.8. The van der Waals surface area contributed by atoms with Crippen molar-refractivity contribution in [1.29, 1.82) is 0 Å². The number of alkyl halides is 3. The van der Waals surface area contributed by atoms with Crippen molar-refractivity contribution >= 4 is 5.69 Å². The van der Waals surface area contributed by atoms with Crippen LogP contribution in [-0.4, -0.2) is 45.7 Å². The van der Waals surface area contributed by atoms with Crippen LogP contribution in [0.4, 0.5) is 18.9 Å². The summed E-state index contributed by atoms with van der Waals surface area (Å²) in [6.45, 7) is 4.34. The van der Waals surface area contributed by atoms with Gasteiger partial charge in [-0.25, -0.2) is 0 Å². The van der Waals surface area contributed by atoms with Crippen molar-refractivity contribution in [3.8, 4) is 0 Å². The van der Waals surface area contributed by atoms with E-state index in [2.05, 4.69) is 5.32 Å². The summed E-state index contributed by atoms with van der Waals surface area (Å²) in [7, 11) is 5.49. The van der Waals surface area contributed by atoms with Crippen LogP contribution >= 0.6 is 0 Å². The molecule has 0 unspecified atom stereocenters. The van der Waals surface area contributed by atoms with Crippen molar-refractivity contribution in [2.75, 3.05) is 45.7 Å². The van der Waals surface area contributed by atoms with Crippen molar-refractivity contribution < 1.29 is 13.2 Å². The molecule has 120 valence electrons. The fourth-order valence-corrected chi connectivity index (χ4v) is 1.99. The highest BCUT2D eigenvalue weighted by molar-refractivity contribution is 5.56. The lowest BCUT2D eigenvalue weighted by atomic mass is 10.1. The van der Waals surface area contributed by atoms with Gasteiger partial charge in [0.25, 0.3) is 0 Å². The Bertz CT molecular complexity index is 444. The Labute approximate surface area is 124 Å². The van der Waals surface area contributed by atoms with Crippen LogP contribution < -0.4 is 10.2 Å². The first-order valence-electron chi connectivity index (χ1n) is 7.02. The van der Waals surface area contributed by atoms with E-state index < -0.39 is 11.7 Å². The molecule has 0 amide bonds. The average Bonchev–Trinajstić information content (AvgIpc) is 2.41. The first-order chi connectivity index (χ1) is 9.75. The smallest absolute Gasteiger partial charge is 0.373 e. The van der Waals surface area contributed by atoms with Crippen molar-refractivity contribution in [1.82, 2.24) is 10.2 Å². The van der Waals surface area contributed by atoms with Crippen LogP contribution in [0.2, 0.25) is 0 Å². The molecule has 0 aliphatic rings. The maximum absolute atomic E-state index is 13.3. The maximum Gasteiger partial charge on any atom is 0.418 e. The maximum atomic E-state index is 13.3. The summed E-state index contributed by atoms with van der Waals surface area (Å²) in [5, 5.41) is 3.04. The summed E-state index contributed by atoms with van der Waals surface area (Å²) in [6, 6.07) is 4.55. The zero-order valence-electron chi connectivity index (χ0n) is 13.1. The van der Waals surface area contributed by atoms with Crippen LogP contribution in [0.3, 0.4) is 0 Å². The number of rotatable bonds is 7. The van der Waals surface area contributed by atoms with E-state index in [4.69, 9.17) is 0 Å². The van der Waals surface area contributed by atoms with Gasteiger partial charge in [-0.3, -0.25) is 0 Å².